The molecule has 7 amide bonds. The van der Waals surface area contributed by atoms with Crippen LogP contribution in [0.1, 0.15) is 111 Å². The van der Waals surface area contributed by atoms with Crippen LogP contribution < -0.4 is 37.1 Å². The first-order chi connectivity index (χ1) is 34.9. The van der Waals surface area contributed by atoms with E-state index in [0.717, 1.165) is 37.0 Å². The van der Waals surface area contributed by atoms with Crippen molar-refractivity contribution in [3.8, 4) is 5.75 Å². The summed E-state index contributed by atoms with van der Waals surface area (Å²) in [7, 11) is -2.29. The van der Waals surface area contributed by atoms with Crippen LogP contribution in [0.15, 0.2) is 23.2 Å². The summed E-state index contributed by atoms with van der Waals surface area (Å²) in [4.78, 5) is 130. The van der Waals surface area contributed by atoms with Crippen molar-refractivity contribution < 1.29 is 67.4 Å². The highest BCUT2D eigenvalue weighted by molar-refractivity contribution is 7.85. The predicted octanol–water partition coefficient (Wildman–Crippen LogP) is -0.0692. The SMILES string of the molecule is CC[C@H](C)[C@@H]1NC(=O)CNC(=O)[C@H]2CC(=O)[C@H]([C@@H](C)[C@@H](O)CO)NC(=O)[C@@H]3C[C@@H](O)CN3C(=O)[C@H](CC(N)=O)CC(=O)[C@H](CS(=O)c3[nH]c4cc(OCCCCCCC(C)(C)C)ccc4c3C2)NC(=O)CNC1=O. The summed E-state index contributed by atoms with van der Waals surface area (Å²) in [6, 6.07) is -0.980. The van der Waals surface area contributed by atoms with Gasteiger partial charge in [0.25, 0.3) is 0 Å². The number of nitrogens with two attached hydrogens (primary N) is 1. The third-order valence-electron chi connectivity index (χ3n) is 14.2. The number of hydrogen-bond acceptors (Lipinski definition) is 14. The third-order valence-corrected chi connectivity index (χ3v) is 15.6. The molecule has 1 aromatic heterocycles. The quantitative estimate of drug-likeness (QED) is 0.111. The van der Waals surface area contributed by atoms with Gasteiger partial charge in [0.05, 0.1) is 78.6 Å². The summed E-state index contributed by atoms with van der Waals surface area (Å²) in [5, 5.41) is 44.9. The Bertz CT molecular complexity index is 2420. The van der Waals surface area contributed by atoms with E-state index in [0.29, 0.717) is 29.7 Å². The molecule has 2 bridgehead atoms. The number of ether oxygens (including phenoxy) is 1. The van der Waals surface area contributed by atoms with Crippen LogP contribution in [0.3, 0.4) is 0 Å². The zero-order valence-corrected chi connectivity index (χ0v) is 44.1. The molecular weight excluding hydrogens is 981 g/mol. The van der Waals surface area contributed by atoms with E-state index in [2.05, 4.69) is 52.3 Å². The van der Waals surface area contributed by atoms with Crippen LogP contribution >= 0.6 is 0 Å². The molecule has 3 aliphatic rings. The molecule has 0 spiro atoms. The van der Waals surface area contributed by atoms with Crippen LogP contribution in [0.25, 0.3) is 10.9 Å². The summed E-state index contributed by atoms with van der Waals surface area (Å²) in [5.41, 5.74) is 6.46. The van der Waals surface area contributed by atoms with Gasteiger partial charge in [0, 0.05) is 55.5 Å². The molecular formula is C51H76N8O14S. The first-order valence-corrected chi connectivity index (χ1v) is 26.9. The molecule has 0 saturated carbocycles. The average Bonchev–Trinajstić information content (AvgIpc) is 3.92. The fourth-order valence-corrected chi connectivity index (χ4v) is 11.1. The number of ketones is 2. The molecule has 410 valence electrons. The lowest BCUT2D eigenvalue weighted by atomic mass is 9.85. The molecule has 4 heterocycles. The smallest absolute Gasteiger partial charge is 0.243 e. The number of carbonyl (C=O) groups excluding carboxylic acids is 9. The Morgan fingerprint density at radius 2 is 1.55 bits per heavy atom. The molecule has 0 radical (unpaired) electrons. The topological polar surface area (TPSA) is 346 Å². The highest BCUT2D eigenvalue weighted by atomic mass is 32.2. The van der Waals surface area contributed by atoms with E-state index < -0.39 is 175 Å². The number of benzene rings is 1. The van der Waals surface area contributed by atoms with E-state index in [9.17, 15) is 58.5 Å². The molecule has 5 rings (SSSR count). The summed E-state index contributed by atoms with van der Waals surface area (Å²) < 4.78 is 21.1. The van der Waals surface area contributed by atoms with Crippen molar-refractivity contribution in [3.63, 3.8) is 0 Å². The van der Waals surface area contributed by atoms with Crippen LogP contribution in [0.2, 0.25) is 0 Å². The van der Waals surface area contributed by atoms with Gasteiger partial charge in [0.15, 0.2) is 11.6 Å². The Balaban J connectivity index is 1.68. The number of rotatable bonds is 14. The predicted molar refractivity (Wildman–Crippen MR) is 271 cm³/mol. The Hall–Kier alpha value is -5.78. The van der Waals surface area contributed by atoms with Gasteiger partial charge in [-0.05, 0) is 48.3 Å². The number of nitrogens with one attached hydrogen (secondary N) is 6. The summed E-state index contributed by atoms with van der Waals surface area (Å²) >= 11 is 0. The molecule has 2 aromatic rings. The van der Waals surface area contributed by atoms with Crippen LogP contribution in [0.5, 0.6) is 5.75 Å². The summed E-state index contributed by atoms with van der Waals surface area (Å²) in [6.45, 7) is 9.12. The van der Waals surface area contributed by atoms with Gasteiger partial charge in [0.2, 0.25) is 41.4 Å². The Kier molecular flexibility index (Phi) is 21.3. The normalized spacial score (nSPS) is 26.7. The van der Waals surface area contributed by atoms with Gasteiger partial charge in [-0.1, -0.05) is 67.2 Å². The third kappa shape index (κ3) is 16.1. The number of primary amides is 1. The van der Waals surface area contributed by atoms with Gasteiger partial charge in [-0.2, -0.15) is 0 Å². The molecule has 1 saturated heterocycles. The van der Waals surface area contributed by atoms with Gasteiger partial charge in [-0.15, -0.1) is 0 Å². The van der Waals surface area contributed by atoms with E-state index in [1.165, 1.54) is 6.92 Å². The van der Waals surface area contributed by atoms with Crippen molar-refractivity contribution in [2.75, 3.05) is 38.6 Å². The monoisotopic (exact) mass is 1060 g/mol. The number of aliphatic hydroxyl groups is 3. The number of aliphatic hydroxyl groups excluding tert-OH is 3. The Labute approximate surface area is 433 Å². The van der Waals surface area contributed by atoms with Gasteiger partial charge >= 0.3 is 0 Å². The number of nitrogens with zero attached hydrogens (tertiary/aromatic N) is 1. The minimum absolute atomic E-state index is 0.0226. The summed E-state index contributed by atoms with van der Waals surface area (Å²) in [5.74, 6) is -12.9. The van der Waals surface area contributed by atoms with Crippen molar-refractivity contribution in [1.82, 2.24) is 36.5 Å². The standard InChI is InChI=1S/C51H76N8O14S/c1-7-27(2)44-48(70)54-22-42(66)55-36-26-74(72)49-34(33-13-12-32(21-35(33)56-49)73-15-11-9-8-10-14-51(4,5)6)16-29(46(68)53-23-43(67)57-44)17-39(63)45(28(3)40(64)25-60)58-47(69)37-20-31(61)24-59(37)50(71)30(18-38(36)62)19-41(52)65/h12-13,21,27-31,36-37,40,44-45,56,60-61,64H,7-11,14-20,22-26H2,1-6H3,(H2,52,65)(H,53,68)(H,54,70)(H,55,66)(H,57,67)(H,58,69)/t27-,28-,29+,30-,31+,36-,37-,40-,44-,45-,74?/m0/s1. The molecule has 1 aromatic carbocycles. The van der Waals surface area contributed by atoms with E-state index in [4.69, 9.17) is 10.5 Å². The average molecular weight is 1060 g/mol. The van der Waals surface area contributed by atoms with Gasteiger partial charge in [0.1, 0.15) is 22.9 Å². The maximum atomic E-state index is 15.0. The molecule has 23 heteroatoms. The molecule has 0 aliphatic carbocycles. The Morgan fingerprint density at radius 1 is 0.878 bits per heavy atom. The number of fused-ring (bicyclic) bond motifs is 5. The van der Waals surface area contributed by atoms with E-state index >= 15 is 4.21 Å². The number of unbranched alkanes of at least 4 members (excludes halogenated alkanes) is 3. The highest BCUT2D eigenvalue weighted by Crippen LogP contribution is 2.33. The number of H-pyrrole nitrogens is 1. The number of hydrogen-bond donors (Lipinski definition) is 10. The fraction of sp³-hybridized carbons (Fsp3) is 0.667. The van der Waals surface area contributed by atoms with Crippen LogP contribution in [0, 0.1) is 29.1 Å². The zero-order chi connectivity index (χ0) is 54.6. The zero-order valence-electron chi connectivity index (χ0n) is 43.3. The first kappa shape index (κ1) is 59.1. The number of aromatic amines is 1. The second kappa shape index (κ2) is 26.6. The maximum absolute atomic E-state index is 15.0. The number of carbonyl (C=O) groups is 9. The van der Waals surface area contributed by atoms with E-state index in [1.807, 2.05) is 0 Å². The van der Waals surface area contributed by atoms with Crippen LogP contribution in [-0.4, -0.2) is 157 Å². The molecule has 3 aliphatic heterocycles. The Morgan fingerprint density at radius 3 is 2.22 bits per heavy atom. The highest BCUT2D eigenvalue weighted by Gasteiger charge is 2.45. The van der Waals surface area contributed by atoms with Crippen molar-refractivity contribution in [1.29, 1.82) is 0 Å². The second-order valence-corrected chi connectivity index (χ2v) is 22.7. The van der Waals surface area contributed by atoms with E-state index in [-0.39, 0.29) is 28.8 Å². The molecule has 11 atom stereocenters. The maximum Gasteiger partial charge on any atom is 0.243 e. The van der Waals surface area contributed by atoms with E-state index in [1.54, 1.807) is 32.0 Å². The van der Waals surface area contributed by atoms with Gasteiger partial charge in [-0.3, -0.25) is 47.4 Å². The van der Waals surface area contributed by atoms with Crippen molar-refractivity contribution in [2.24, 2.45) is 34.8 Å². The minimum Gasteiger partial charge on any atom is -0.494 e. The van der Waals surface area contributed by atoms with Crippen molar-refractivity contribution in [2.45, 2.75) is 154 Å². The molecule has 22 nitrogen and oxygen atoms in total. The van der Waals surface area contributed by atoms with Crippen molar-refractivity contribution in [3.05, 3.63) is 23.8 Å². The molecule has 1 fully saturated rings. The molecule has 11 N–H and O–H groups in total. The van der Waals surface area contributed by atoms with Gasteiger partial charge in [-0.25, -0.2) is 0 Å². The molecule has 74 heavy (non-hydrogen) atoms. The van der Waals surface area contributed by atoms with Crippen LogP contribution in [-0.2, 0) is 60.4 Å². The molecule has 1 unspecified atom stereocenters. The number of amides is 7. The lowest BCUT2D eigenvalue weighted by Gasteiger charge is -2.32. The number of aromatic nitrogens is 1. The number of Topliss-reactive ketones (excluding diaryl/α,β-unsaturated/α-hetero) is 2. The minimum atomic E-state index is -2.29. The van der Waals surface area contributed by atoms with Crippen molar-refractivity contribution >= 4 is 74.6 Å². The van der Waals surface area contributed by atoms with Gasteiger partial charge < -0.3 is 62.3 Å². The second-order valence-electron chi connectivity index (χ2n) is 21.3. The lowest BCUT2D eigenvalue weighted by molar-refractivity contribution is -0.145. The summed E-state index contributed by atoms with van der Waals surface area (Å²) in [6.07, 6.45) is -0.480. The largest absolute Gasteiger partial charge is 0.494 e. The lowest BCUT2D eigenvalue weighted by Crippen LogP contribution is -2.56. The van der Waals surface area contributed by atoms with Crippen LogP contribution in [0.4, 0.5) is 0 Å². The fourth-order valence-electron chi connectivity index (χ4n) is 9.64. The first-order valence-electron chi connectivity index (χ1n) is 25.6.